The predicted molar refractivity (Wildman–Crippen MR) is 187 cm³/mol. The van der Waals surface area contributed by atoms with Crippen molar-refractivity contribution in [2.75, 3.05) is 24.5 Å². The summed E-state index contributed by atoms with van der Waals surface area (Å²) in [5, 5.41) is 3.02. The molecule has 0 saturated heterocycles. The highest BCUT2D eigenvalue weighted by Gasteiger charge is 2.35. The van der Waals surface area contributed by atoms with Crippen molar-refractivity contribution < 1.29 is 22.7 Å². The van der Waals surface area contributed by atoms with Crippen LogP contribution in [0.4, 0.5) is 5.69 Å². The smallest absolute Gasteiger partial charge is 0.264 e. The van der Waals surface area contributed by atoms with E-state index >= 15 is 0 Å². The fourth-order valence-electron chi connectivity index (χ4n) is 5.33. The number of ether oxygens (including phenoxy) is 1. The molecular weight excluding hydrogens is 611 g/mol. The Morgan fingerprint density at radius 1 is 0.787 bits per heavy atom. The van der Waals surface area contributed by atoms with Gasteiger partial charge in [-0.1, -0.05) is 97.8 Å². The molecule has 0 unspecified atom stereocenters. The van der Waals surface area contributed by atoms with E-state index < -0.39 is 28.5 Å². The van der Waals surface area contributed by atoms with Crippen molar-refractivity contribution in [2.45, 2.75) is 58.5 Å². The lowest BCUT2D eigenvalue weighted by Gasteiger charge is -2.34. The van der Waals surface area contributed by atoms with Crippen molar-refractivity contribution >= 4 is 27.5 Å². The summed E-state index contributed by atoms with van der Waals surface area (Å²) in [4.78, 5) is 30.2. The Hall–Kier alpha value is -4.63. The van der Waals surface area contributed by atoms with E-state index in [9.17, 15) is 18.0 Å². The summed E-state index contributed by atoms with van der Waals surface area (Å²) in [7, 11) is -2.79. The molecule has 1 atom stereocenters. The molecule has 47 heavy (non-hydrogen) atoms. The summed E-state index contributed by atoms with van der Waals surface area (Å²) >= 11 is 0. The number of nitrogens with one attached hydrogen (secondary N) is 1. The van der Waals surface area contributed by atoms with Crippen LogP contribution in [0.15, 0.2) is 102 Å². The molecule has 0 aliphatic rings. The third kappa shape index (κ3) is 9.23. The highest BCUT2D eigenvalue weighted by Crippen LogP contribution is 2.34. The minimum Gasteiger partial charge on any atom is -0.495 e. The maximum Gasteiger partial charge on any atom is 0.264 e. The van der Waals surface area contributed by atoms with Gasteiger partial charge in [0.05, 0.1) is 17.7 Å². The monoisotopic (exact) mass is 655 g/mol. The van der Waals surface area contributed by atoms with Crippen LogP contribution in [-0.2, 0) is 32.6 Å². The number of carbonyl (C=O) groups excluding carboxylic acids is 2. The molecule has 0 bridgehead atoms. The van der Waals surface area contributed by atoms with Gasteiger partial charge >= 0.3 is 0 Å². The van der Waals surface area contributed by atoms with E-state index in [-0.39, 0.29) is 35.4 Å². The number of benzene rings is 4. The van der Waals surface area contributed by atoms with E-state index in [1.807, 2.05) is 95.3 Å². The number of aryl methyl sites for hydroxylation is 3. The summed E-state index contributed by atoms with van der Waals surface area (Å²) in [6, 6.07) is 28.1. The average molecular weight is 656 g/mol. The molecular formula is C38H45N3O5S. The van der Waals surface area contributed by atoms with E-state index in [1.54, 1.807) is 24.3 Å². The maximum absolute atomic E-state index is 14.7. The molecule has 4 aromatic rings. The first kappa shape index (κ1) is 35.2. The normalized spacial score (nSPS) is 12.0. The van der Waals surface area contributed by atoms with Crippen molar-refractivity contribution in [3.8, 4) is 5.75 Å². The van der Waals surface area contributed by atoms with Gasteiger partial charge in [-0.2, -0.15) is 0 Å². The predicted octanol–water partition coefficient (Wildman–Crippen LogP) is 6.23. The minimum absolute atomic E-state index is 0.0419. The second-order valence-corrected chi connectivity index (χ2v) is 14.2. The Kier molecular flexibility index (Phi) is 11.8. The van der Waals surface area contributed by atoms with Gasteiger partial charge in [-0.05, 0) is 67.6 Å². The quantitative estimate of drug-likeness (QED) is 0.174. The molecule has 1 N–H and O–H groups in total. The van der Waals surface area contributed by atoms with Crippen LogP contribution in [0.5, 0.6) is 5.75 Å². The first-order valence-corrected chi connectivity index (χ1v) is 17.2. The standard InChI is InChI=1S/C38H45N3O5S/c1-27(2)24-39-38(43)35(23-31-12-8-7-9-13-31)40(25-32-14-10-11-29(4)21-32)37(42)26-41(34-22-30(5)17-20-36(34)46-6)47(44,45)33-18-15-28(3)16-19-33/h7-22,27,35H,23-26H2,1-6H3,(H,39,43)/t35-/m0/s1. The number of amides is 2. The average Bonchev–Trinajstić information content (AvgIpc) is 3.04. The summed E-state index contributed by atoms with van der Waals surface area (Å²) in [6.45, 7) is 9.69. The lowest BCUT2D eigenvalue weighted by molar-refractivity contribution is -0.140. The van der Waals surface area contributed by atoms with Crippen molar-refractivity contribution in [1.29, 1.82) is 0 Å². The molecule has 0 aliphatic carbocycles. The zero-order chi connectivity index (χ0) is 34.1. The maximum atomic E-state index is 14.7. The summed E-state index contributed by atoms with van der Waals surface area (Å²) in [5.41, 5.74) is 4.65. The number of anilines is 1. The van der Waals surface area contributed by atoms with E-state index in [4.69, 9.17) is 4.74 Å². The first-order valence-electron chi connectivity index (χ1n) is 15.8. The van der Waals surface area contributed by atoms with Crippen LogP contribution in [-0.4, -0.2) is 51.4 Å². The van der Waals surface area contributed by atoms with Crippen molar-refractivity contribution in [2.24, 2.45) is 5.92 Å². The van der Waals surface area contributed by atoms with Crippen molar-refractivity contribution in [3.05, 3.63) is 125 Å². The van der Waals surface area contributed by atoms with Crippen LogP contribution < -0.4 is 14.4 Å². The molecule has 0 heterocycles. The molecule has 0 aromatic heterocycles. The number of nitrogens with zero attached hydrogens (tertiary/aromatic N) is 2. The molecule has 248 valence electrons. The SMILES string of the molecule is COc1ccc(C)cc1N(CC(=O)N(Cc1cccc(C)c1)[C@@H](Cc1ccccc1)C(=O)NCC(C)C)S(=O)(=O)c1ccc(C)cc1. The van der Waals surface area contributed by atoms with Crippen LogP contribution in [0, 0.1) is 26.7 Å². The second kappa shape index (κ2) is 15.8. The van der Waals surface area contributed by atoms with Gasteiger partial charge < -0.3 is 15.0 Å². The van der Waals surface area contributed by atoms with Crippen molar-refractivity contribution in [1.82, 2.24) is 10.2 Å². The van der Waals surface area contributed by atoms with Gasteiger partial charge in [0.2, 0.25) is 11.8 Å². The van der Waals surface area contributed by atoms with Gasteiger partial charge in [0.15, 0.2) is 0 Å². The summed E-state index contributed by atoms with van der Waals surface area (Å²) < 4.78 is 35.5. The van der Waals surface area contributed by atoms with Gasteiger partial charge in [-0.3, -0.25) is 13.9 Å². The molecule has 0 saturated carbocycles. The Bertz CT molecular complexity index is 1770. The number of methoxy groups -OCH3 is 1. The largest absolute Gasteiger partial charge is 0.495 e. The molecule has 2 amide bonds. The fraction of sp³-hybridized carbons (Fsp3) is 0.316. The summed E-state index contributed by atoms with van der Waals surface area (Å²) in [5.74, 6) is -0.322. The second-order valence-electron chi connectivity index (χ2n) is 12.4. The van der Waals surface area contributed by atoms with Crippen LogP contribution in [0.25, 0.3) is 0 Å². The van der Waals surface area contributed by atoms with Crippen LogP contribution in [0.3, 0.4) is 0 Å². The third-order valence-electron chi connectivity index (χ3n) is 7.88. The lowest BCUT2D eigenvalue weighted by atomic mass is 10.0. The minimum atomic E-state index is -4.25. The molecule has 0 radical (unpaired) electrons. The molecule has 0 spiro atoms. The van der Waals surface area contributed by atoms with E-state index in [1.165, 1.54) is 24.1 Å². The van der Waals surface area contributed by atoms with Gasteiger partial charge in [0.1, 0.15) is 18.3 Å². The molecule has 0 aliphatic heterocycles. The third-order valence-corrected chi connectivity index (χ3v) is 9.66. The highest BCUT2D eigenvalue weighted by molar-refractivity contribution is 7.92. The van der Waals surface area contributed by atoms with Gasteiger partial charge in [0, 0.05) is 19.5 Å². The van der Waals surface area contributed by atoms with Crippen LogP contribution in [0.2, 0.25) is 0 Å². The molecule has 8 nitrogen and oxygen atoms in total. The van der Waals surface area contributed by atoms with Crippen LogP contribution in [0.1, 0.15) is 41.7 Å². The molecule has 9 heteroatoms. The van der Waals surface area contributed by atoms with Crippen LogP contribution >= 0.6 is 0 Å². The van der Waals surface area contributed by atoms with Gasteiger partial charge in [-0.15, -0.1) is 0 Å². The molecule has 0 fully saturated rings. The Balaban J connectivity index is 1.85. The first-order chi connectivity index (χ1) is 22.4. The molecule has 4 rings (SSSR count). The fourth-order valence-corrected chi connectivity index (χ4v) is 6.75. The van der Waals surface area contributed by atoms with Crippen molar-refractivity contribution in [3.63, 3.8) is 0 Å². The number of hydrogen-bond acceptors (Lipinski definition) is 5. The van der Waals surface area contributed by atoms with E-state index in [0.29, 0.717) is 12.3 Å². The topological polar surface area (TPSA) is 96.0 Å². The zero-order valence-electron chi connectivity index (χ0n) is 28.1. The number of rotatable bonds is 14. The molecule has 4 aromatic carbocycles. The summed E-state index contributed by atoms with van der Waals surface area (Å²) in [6.07, 6.45) is 0.251. The zero-order valence-corrected chi connectivity index (χ0v) is 28.9. The number of carbonyl (C=O) groups is 2. The Labute approximate surface area is 279 Å². The van der Waals surface area contributed by atoms with E-state index in [0.717, 1.165) is 32.1 Å². The van der Waals surface area contributed by atoms with E-state index in [2.05, 4.69) is 5.32 Å². The van der Waals surface area contributed by atoms with Gasteiger partial charge in [0.25, 0.3) is 10.0 Å². The lowest BCUT2D eigenvalue weighted by Crippen LogP contribution is -2.53. The Morgan fingerprint density at radius 3 is 2.06 bits per heavy atom. The number of hydrogen-bond donors (Lipinski definition) is 1. The van der Waals surface area contributed by atoms with Gasteiger partial charge in [-0.25, -0.2) is 8.42 Å². The number of sulfonamides is 1. The Morgan fingerprint density at radius 2 is 1.43 bits per heavy atom. The highest BCUT2D eigenvalue weighted by atomic mass is 32.2.